The zero-order valence-electron chi connectivity index (χ0n) is 11.7. The number of nitrogens with one attached hydrogen (secondary N) is 2. The van der Waals surface area contributed by atoms with E-state index < -0.39 is 11.6 Å². The van der Waals surface area contributed by atoms with Gasteiger partial charge in [-0.25, -0.2) is 13.8 Å². The monoisotopic (exact) mass is 285 g/mol. The third kappa shape index (κ3) is 4.03. The van der Waals surface area contributed by atoms with Gasteiger partial charge < -0.3 is 15.4 Å². The smallest absolute Gasteiger partial charge is 0.168 e. The lowest BCUT2D eigenvalue weighted by atomic mass is 10.0. The molecule has 2 rings (SSSR count). The van der Waals surface area contributed by atoms with Crippen molar-refractivity contribution in [2.24, 2.45) is 5.92 Å². The quantitative estimate of drug-likeness (QED) is 0.843. The molecule has 0 spiro atoms. The molecule has 0 aromatic carbocycles. The highest BCUT2D eigenvalue weighted by atomic mass is 19.1. The second kappa shape index (κ2) is 7.38. The van der Waals surface area contributed by atoms with Crippen molar-refractivity contribution < 1.29 is 13.5 Å². The van der Waals surface area contributed by atoms with Crippen molar-refractivity contribution in [3.63, 3.8) is 0 Å². The third-order valence-corrected chi connectivity index (χ3v) is 3.28. The van der Waals surface area contributed by atoms with Gasteiger partial charge in [0.05, 0.1) is 6.61 Å². The van der Waals surface area contributed by atoms with Crippen LogP contribution >= 0.6 is 0 Å². The number of rotatable bonds is 6. The molecule has 1 atom stereocenters. The van der Waals surface area contributed by atoms with Crippen LogP contribution in [0.2, 0.25) is 0 Å². The van der Waals surface area contributed by atoms with Crippen LogP contribution in [-0.2, 0) is 4.74 Å². The van der Waals surface area contributed by atoms with Gasteiger partial charge in [0, 0.05) is 25.8 Å². The van der Waals surface area contributed by atoms with Crippen LogP contribution in [0.4, 0.5) is 20.4 Å². The molecule has 2 heterocycles. The summed E-state index contributed by atoms with van der Waals surface area (Å²) >= 11 is 0. The molecule has 1 aliphatic rings. The zero-order chi connectivity index (χ0) is 14.4. The number of anilines is 2. The summed E-state index contributed by atoms with van der Waals surface area (Å²) in [5, 5.41) is 5.80. The molecule has 0 bridgehead atoms. The van der Waals surface area contributed by atoms with E-state index in [1.54, 1.807) is 0 Å². The molecule has 0 aliphatic carbocycles. The summed E-state index contributed by atoms with van der Waals surface area (Å²) in [5.74, 6) is -0.794. The average Bonchev–Trinajstić information content (AvgIpc) is 2.46. The lowest BCUT2D eigenvalue weighted by Crippen LogP contribution is -2.25. The van der Waals surface area contributed by atoms with Crippen molar-refractivity contribution >= 4 is 11.6 Å². The van der Waals surface area contributed by atoms with Gasteiger partial charge in [-0.15, -0.1) is 0 Å². The Morgan fingerprint density at radius 3 is 2.70 bits per heavy atom. The Labute approximate surface area is 117 Å². The Morgan fingerprint density at radius 1 is 1.30 bits per heavy atom. The predicted octanol–water partition coefficient (Wildman–Crippen LogP) is 3.02. The van der Waals surface area contributed by atoms with E-state index in [1.165, 1.54) is 0 Å². The summed E-state index contributed by atoms with van der Waals surface area (Å²) in [6, 6.07) is 0.866. The molecular weight excluding hydrogens is 264 g/mol. The number of halogens is 2. The minimum Gasteiger partial charge on any atom is -0.381 e. The molecule has 1 aromatic rings. The number of nitrogens with zero attached hydrogens (tertiary/aromatic N) is 1. The van der Waals surface area contributed by atoms with Gasteiger partial charge in [0.15, 0.2) is 23.3 Å². The fraction of sp³-hybridized carbons (Fsp3) is 0.643. The average molecular weight is 285 g/mol. The van der Waals surface area contributed by atoms with Gasteiger partial charge in [-0.1, -0.05) is 6.92 Å². The highest BCUT2D eigenvalue weighted by molar-refractivity contribution is 5.47. The molecule has 4 nitrogen and oxygen atoms in total. The second-order valence-corrected chi connectivity index (χ2v) is 5.04. The van der Waals surface area contributed by atoms with Gasteiger partial charge in [-0.3, -0.25) is 0 Å². The molecule has 1 aliphatic heterocycles. The summed E-state index contributed by atoms with van der Waals surface area (Å²) in [6.45, 7) is 4.63. The van der Waals surface area contributed by atoms with Gasteiger partial charge in [-0.05, 0) is 25.2 Å². The molecule has 0 saturated carbocycles. The largest absolute Gasteiger partial charge is 0.381 e. The van der Waals surface area contributed by atoms with E-state index in [4.69, 9.17) is 4.74 Å². The summed E-state index contributed by atoms with van der Waals surface area (Å²) in [5.41, 5.74) is 0. The summed E-state index contributed by atoms with van der Waals surface area (Å²) in [4.78, 5) is 3.98. The topological polar surface area (TPSA) is 46.2 Å². The molecule has 0 radical (unpaired) electrons. The summed E-state index contributed by atoms with van der Waals surface area (Å²) in [7, 11) is 0. The van der Waals surface area contributed by atoms with E-state index in [-0.39, 0.29) is 11.6 Å². The van der Waals surface area contributed by atoms with Crippen molar-refractivity contribution in [2.45, 2.75) is 26.2 Å². The predicted molar refractivity (Wildman–Crippen MR) is 75.0 cm³/mol. The zero-order valence-corrected chi connectivity index (χ0v) is 11.7. The number of pyridine rings is 1. The SMILES string of the molecule is CCCNc1nc(NCC2CCCOC2)c(F)cc1F. The van der Waals surface area contributed by atoms with E-state index in [1.807, 2.05) is 6.92 Å². The highest BCUT2D eigenvalue weighted by Crippen LogP contribution is 2.20. The Morgan fingerprint density at radius 2 is 2.05 bits per heavy atom. The molecule has 6 heteroatoms. The number of hydrogen-bond acceptors (Lipinski definition) is 4. The second-order valence-electron chi connectivity index (χ2n) is 5.04. The molecule has 0 amide bonds. The fourth-order valence-corrected chi connectivity index (χ4v) is 2.17. The van der Waals surface area contributed by atoms with Crippen LogP contribution < -0.4 is 10.6 Å². The van der Waals surface area contributed by atoms with Crippen LogP contribution in [0.3, 0.4) is 0 Å². The number of ether oxygens (including phenoxy) is 1. The first kappa shape index (κ1) is 15.0. The van der Waals surface area contributed by atoms with E-state index in [2.05, 4.69) is 15.6 Å². The highest BCUT2D eigenvalue weighted by Gasteiger charge is 2.16. The molecular formula is C14H21F2N3O. The van der Waals surface area contributed by atoms with Gasteiger partial charge >= 0.3 is 0 Å². The Bertz CT molecular complexity index is 437. The third-order valence-electron chi connectivity index (χ3n) is 3.28. The molecule has 2 N–H and O–H groups in total. The van der Waals surface area contributed by atoms with Crippen molar-refractivity contribution in [3.8, 4) is 0 Å². The van der Waals surface area contributed by atoms with Gasteiger partial charge in [0.2, 0.25) is 0 Å². The van der Waals surface area contributed by atoms with Crippen molar-refractivity contribution in [3.05, 3.63) is 17.7 Å². The molecule has 1 saturated heterocycles. The summed E-state index contributed by atoms with van der Waals surface area (Å²) in [6.07, 6.45) is 2.92. The lowest BCUT2D eigenvalue weighted by molar-refractivity contribution is 0.0594. The maximum absolute atomic E-state index is 13.7. The summed E-state index contributed by atoms with van der Waals surface area (Å²) < 4.78 is 32.6. The van der Waals surface area contributed by atoms with Crippen LogP contribution in [0.15, 0.2) is 6.07 Å². The van der Waals surface area contributed by atoms with Crippen LogP contribution in [-0.4, -0.2) is 31.3 Å². The normalized spacial score (nSPS) is 18.9. The van der Waals surface area contributed by atoms with Gasteiger partial charge in [0.1, 0.15) is 0 Å². The minimum atomic E-state index is -0.665. The molecule has 20 heavy (non-hydrogen) atoms. The standard InChI is InChI=1S/C14H21F2N3O/c1-2-5-17-13-11(15)7-12(16)14(19-13)18-8-10-4-3-6-20-9-10/h7,10H,2-6,8-9H2,1H3,(H2,17,18,19). The van der Waals surface area contributed by atoms with E-state index in [0.717, 1.165) is 31.9 Å². The Hall–Kier alpha value is -1.43. The first-order valence-electron chi connectivity index (χ1n) is 7.12. The Kier molecular flexibility index (Phi) is 5.52. The first-order valence-corrected chi connectivity index (χ1v) is 7.12. The van der Waals surface area contributed by atoms with Gasteiger partial charge in [-0.2, -0.15) is 0 Å². The minimum absolute atomic E-state index is 0.0931. The molecule has 112 valence electrons. The Balaban J connectivity index is 1.98. The maximum Gasteiger partial charge on any atom is 0.168 e. The number of aromatic nitrogens is 1. The number of hydrogen-bond donors (Lipinski definition) is 2. The van der Waals surface area contributed by atoms with Crippen molar-refractivity contribution in [1.29, 1.82) is 0 Å². The van der Waals surface area contributed by atoms with Crippen LogP contribution in [0.25, 0.3) is 0 Å². The molecule has 1 unspecified atom stereocenters. The van der Waals surface area contributed by atoms with Crippen molar-refractivity contribution in [1.82, 2.24) is 4.98 Å². The lowest BCUT2D eigenvalue weighted by Gasteiger charge is -2.22. The van der Waals surface area contributed by atoms with Crippen molar-refractivity contribution in [2.75, 3.05) is 36.9 Å². The molecule has 1 fully saturated rings. The fourth-order valence-electron chi connectivity index (χ4n) is 2.17. The van der Waals surface area contributed by atoms with E-state index in [0.29, 0.717) is 25.6 Å². The van der Waals surface area contributed by atoms with Crippen LogP contribution in [0.1, 0.15) is 26.2 Å². The van der Waals surface area contributed by atoms with Crippen LogP contribution in [0.5, 0.6) is 0 Å². The van der Waals surface area contributed by atoms with E-state index >= 15 is 0 Å². The van der Waals surface area contributed by atoms with Crippen LogP contribution in [0, 0.1) is 17.6 Å². The molecule has 1 aromatic heterocycles. The van der Waals surface area contributed by atoms with E-state index in [9.17, 15) is 8.78 Å². The maximum atomic E-state index is 13.7. The first-order chi connectivity index (χ1) is 9.70. The van der Waals surface area contributed by atoms with Gasteiger partial charge in [0.25, 0.3) is 0 Å².